The molecular formula is C30H29N3O4. The number of furan rings is 2. The van der Waals surface area contributed by atoms with Crippen molar-refractivity contribution in [3.8, 4) is 0 Å². The monoisotopic (exact) mass is 495 g/mol. The average Bonchev–Trinajstić information content (AvgIpc) is 3.62. The van der Waals surface area contributed by atoms with E-state index in [2.05, 4.69) is 12.2 Å². The third-order valence-electron chi connectivity index (χ3n) is 7.39. The topological polar surface area (TPSA) is 88.6 Å². The number of allylic oxidation sites excluding steroid dienone is 1. The van der Waals surface area contributed by atoms with Crippen molar-refractivity contribution in [1.82, 2.24) is 15.2 Å². The number of benzene rings is 1. The van der Waals surface area contributed by atoms with Crippen LogP contribution in [0.25, 0.3) is 22.6 Å². The summed E-state index contributed by atoms with van der Waals surface area (Å²) in [5.74, 6) is 1.06. The maximum atomic E-state index is 13.9. The zero-order valence-electron chi connectivity index (χ0n) is 20.8. The van der Waals surface area contributed by atoms with Gasteiger partial charge in [0.15, 0.2) is 0 Å². The third-order valence-corrected chi connectivity index (χ3v) is 7.39. The first-order valence-corrected chi connectivity index (χ1v) is 12.8. The summed E-state index contributed by atoms with van der Waals surface area (Å²) in [5.41, 5.74) is 5.07. The van der Waals surface area contributed by atoms with E-state index < -0.39 is 0 Å². The van der Waals surface area contributed by atoms with Gasteiger partial charge in [0.2, 0.25) is 0 Å². The van der Waals surface area contributed by atoms with Crippen molar-refractivity contribution in [1.29, 1.82) is 0 Å². The van der Waals surface area contributed by atoms with Crippen LogP contribution in [0.1, 0.15) is 63.9 Å². The number of nitrogens with one attached hydrogen (secondary N) is 1. The highest BCUT2D eigenvalue weighted by Gasteiger charge is 2.30. The quantitative estimate of drug-likeness (QED) is 0.399. The van der Waals surface area contributed by atoms with Crippen molar-refractivity contribution >= 4 is 34.4 Å². The van der Waals surface area contributed by atoms with Gasteiger partial charge in [-0.1, -0.05) is 25.1 Å². The van der Waals surface area contributed by atoms with Crippen LogP contribution >= 0.6 is 0 Å². The Labute approximate surface area is 215 Å². The van der Waals surface area contributed by atoms with E-state index in [4.69, 9.17) is 13.8 Å². The molecule has 1 atom stereocenters. The van der Waals surface area contributed by atoms with Crippen molar-refractivity contribution in [3.05, 3.63) is 89.4 Å². The number of pyridine rings is 1. The fourth-order valence-corrected chi connectivity index (χ4v) is 5.59. The lowest BCUT2D eigenvalue weighted by molar-refractivity contribution is 0.0697. The molecule has 0 bridgehead atoms. The van der Waals surface area contributed by atoms with E-state index in [1.165, 1.54) is 12.5 Å². The minimum absolute atomic E-state index is 0.00243. The number of rotatable bonds is 4. The minimum Gasteiger partial charge on any atom is -0.472 e. The standard InChI is InChI=1S/C30H29N3O4/c1-19-15-21(17-23-5-4-13-37-23)28-25(16-19)27(24-6-2-3-7-26(24)32-28)29(34)31-22-8-11-33(12-9-22)30(35)20-10-14-36-18-20/h2-7,10,13-14,17-19,22H,8-9,11-12,15-16H2,1H3,(H,31,34)/b21-17+. The number of likely N-dealkylation sites (tertiary alicyclic amines) is 1. The smallest absolute Gasteiger partial charge is 0.257 e. The van der Waals surface area contributed by atoms with Gasteiger partial charge in [-0.3, -0.25) is 9.59 Å². The van der Waals surface area contributed by atoms with Gasteiger partial charge >= 0.3 is 0 Å². The van der Waals surface area contributed by atoms with Crippen LogP contribution in [-0.2, 0) is 6.42 Å². The van der Waals surface area contributed by atoms with Gasteiger partial charge in [0.1, 0.15) is 12.0 Å². The summed E-state index contributed by atoms with van der Waals surface area (Å²) in [5, 5.41) is 4.16. The van der Waals surface area contributed by atoms with Gasteiger partial charge in [0.25, 0.3) is 11.8 Å². The zero-order valence-corrected chi connectivity index (χ0v) is 20.8. The summed E-state index contributed by atoms with van der Waals surface area (Å²) in [6.07, 6.45) is 9.79. The Bertz CT molecular complexity index is 1460. The second kappa shape index (κ2) is 9.73. The van der Waals surface area contributed by atoms with Crippen molar-refractivity contribution < 1.29 is 18.4 Å². The SMILES string of the molecule is CC1C/C(=C\c2ccco2)c2nc3ccccc3c(C(=O)NC3CCN(C(=O)c4ccoc4)CC3)c2C1. The van der Waals surface area contributed by atoms with Crippen LogP contribution in [-0.4, -0.2) is 40.8 Å². The first-order valence-electron chi connectivity index (χ1n) is 12.8. The van der Waals surface area contributed by atoms with Gasteiger partial charge in [-0.05, 0) is 73.1 Å². The van der Waals surface area contributed by atoms with Crippen LogP contribution in [0.5, 0.6) is 0 Å². The van der Waals surface area contributed by atoms with Crippen LogP contribution in [0, 0.1) is 5.92 Å². The number of aromatic nitrogens is 1. The summed E-state index contributed by atoms with van der Waals surface area (Å²) in [6, 6.07) is 13.4. The molecular weight excluding hydrogens is 466 g/mol. The van der Waals surface area contributed by atoms with Gasteiger partial charge in [-0.15, -0.1) is 0 Å². The normalized spacial score (nSPS) is 19.2. The van der Waals surface area contributed by atoms with Crippen molar-refractivity contribution in [2.45, 2.75) is 38.6 Å². The highest BCUT2D eigenvalue weighted by atomic mass is 16.3. The Morgan fingerprint density at radius 1 is 1.05 bits per heavy atom. The first-order chi connectivity index (χ1) is 18.1. The molecule has 1 saturated heterocycles. The van der Waals surface area contributed by atoms with E-state index in [-0.39, 0.29) is 17.9 Å². The first kappa shape index (κ1) is 23.3. The molecule has 1 aliphatic heterocycles. The molecule has 2 aliphatic rings. The predicted molar refractivity (Wildman–Crippen MR) is 141 cm³/mol. The third kappa shape index (κ3) is 4.57. The Morgan fingerprint density at radius 2 is 1.89 bits per heavy atom. The zero-order chi connectivity index (χ0) is 25.4. The van der Waals surface area contributed by atoms with Crippen molar-refractivity contribution in [2.75, 3.05) is 13.1 Å². The molecule has 1 N–H and O–H groups in total. The Hall–Kier alpha value is -4.13. The fraction of sp³-hybridized carbons (Fsp3) is 0.300. The van der Waals surface area contributed by atoms with E-state index in [9.17, 15) is 9.59 Å². The molecule has 4 heterocycles. The molecule has 1 unspecified atom stereocenters. The molecule has 4 aromatic rings. The van der Waals surface area contributed by atoms with Crippen LogP contribution in [0.15, 0.2) is 70.1 Å². The lowest BCUT2D eigenvalue weighted by Gasteiger charge is -2.33. The number of fused-ring (bicyclic) bond motifs is 2. The summed E-state index contributed by atoms with van der Waals surface area (Å²) in [6.45, 7) is 3.40. The number of piperidine rings is 1. The highest BCUT2D eigenvalue weighted by Crippen LogP contribution is 2.38. The molecule has 37 heavy (non-hydrogen) atoms. The minimum atomic E-state index is -0.0686. The van der Waals surface area contributed by atoms with Gasteiger partial charge in [0.05, 0.1) is 34.9 Å². The number of amides is 2. The second-order valence-electron chi connectivity index (χ2n) is 10.1. The van der Waals surface area contributed by atoms with Gasteiger partial charge in [-0.2, -0.15) is 0 Å². The van der Waals surface area contributed by atoms with Gasteiger partial charge < -0.3 is 19.1 Å². The summed E-state index contributed by atoms with van der Waals surface area (Å²) < 4.78 is 10.6. The number of carbonyl (C=O) groups excluding carboxylic acids is 2. The van der Waals surface area contributed by atoms with E-state index in [1.807, 2.05) is 47.4 Å². The molecule has 2 amide bonds. The van der Waals surface area contributed by atoms with E-state index >= 15 is 0 Å². The average molecular weight is 496 g/mol. The molecule has 0 radical (unpaired) electrons. The molecule has 7 heteroatoms. The fourth-order valence-electron chi connectivity index (χ4n) is 5.59. The highest BCUT2D eigenvalue weighted by molar-refractivity contribution is 6.09. The molecule has 6 rings (SSSR count). The largest absolute Gasteiger partial charge is 0.472 e. The van der Waals surface area contributed by atoms with E-state index in [0.717, 1.165) is 51.9 Å². The van der Waals surface area contributed by atoms with Crippen LogP contribution in [0.4, 0.5) is 0 Å². The number of hydrogen-bond acceptors (Lipinski definition) is 5. The molecule has 0 spiro atoms. The number of para-hydroxylation sites is 1. The number of carbonyl (C=O) groups is 2. The number of nitrogens with zero attached hydrogens (tertiary/aromatic N) is 2. The Kier molecular flexibility index (Phi) is 6.12. The van der Waals surface area contributed by atoms with E-state index in [1.54, 1.807) is 12.3 Å². The molecule has 1 aromatic carbocycles. The summed E-state index contributed by atoms with van der Waals surface area (Å²) >= 11 is 0. The molecule has 1 aliphatic carbocycles. The Morgan fingerprint density at radius 3 is 2.65 bits per heavy atom. The van der Waals surface area contributed by atoms with Gasteiger partial charge in [0, 0.05) is 24.5 Å². The molecule has 1 fully saturated rings. The van der Waals surface area contributed by atoms with Crippen molar-refractivity contribution in [3.63, 3.8) is 0 Å². The van der Waals surface area contributed by atoms with Crippen LogP contribution < -0.4 is 5.32 Å². The maximum Gasteiger partial charge on any atom is 0.257 e. The summed E-state index contributed by atoms with van der Waals surface area (Å²) in [7, 11) is 0. The summed E-state index contributed by atoms with van der Waals surface area (Å²) in [4.78, 5) is 33.4. The molecule has 188 valence electrons. The molecule has 0 saturated carbocycles. The maximum absolute atomic E-state index is 13.9. The number of hydrogen-bond donors (Lipinski definition) is 1. The Balaban J connectivity index is 1.29. The van der Waals surface area contributed by atoms with E-state index in [0.29, 0.717) is 37.4 Å². The van der Waals surface area contributed by atoms with Gasteiger partial charge in [-0.25, -0.2) is 4.98 Å². The lowest BCUT2D eigenvalue weighted by Crippen LogP contribution is -2.46. The van der Waals surface area contributed by atoms with Crippen molar-refractivity contribution in [2.24, 2.45) is 5.92 Å². The van der Waals surface area contributed by atoms with Crippen LogP contribution in [0.3, 0.4) is 0 Å². The molecule has 3 aromatic heterocycles. The second-order valence-corrected chi connectivity index (χ2v) is 10.1. The lowest BCUT2D eigenvalue weighted by atomic mass is 9.80. The molecule has 7 nitrogen and oxygen atoms in total. The van der Waals surface area contributed by atoms with Crippen LogP contribution in [0.2, 0.25) is 0 Å². The predicted octanol–water partition coefficient (Wildman–Crippen LogP) is 5.58.